The number of morpholine rings is 1. The van der Waals surface area contributed by atoms with E-state index in [4.69, 9.17) is 9.47 Å². The summed E-state index contributed by atoms with van der Waals surface area (Å²) in [6.07, 6.45) is 8.29. The molecule has 0 saturated carbocycles. The van der Waals surface area contributed by atoms with Crippen LogP contribution in [0.1, 0.15) is 79.6 Å². The third kappa shape index (κ3) is 30.6. The van der Waals surface area contributed by atoms with Crippen molar-refractivity contribution in [2.45, 2.75) is 85.6 Å². The van der Waals surface area contributed by atoms with Crippen molar-refractivity contribution in [1.82, 2.24) is 24.5 Å². The molecule has 0 spiro atoms. The van der Waals surface area contributed by atoms with Crippen LogP contribution in [0.25, 0.3) is 0 Å². The van der Waals surface area contributed by atoms with Gasteiger partial charge in [-0.15, -0.1) is 12.4 Å². The van der Waals surface area contributed by atoms with Crippen molar-refractivity contribution in [3.05, 3.63) is 0 Å². The van der Waals surface area contributed by atoms with E-state index < -0.39 is 0 Å². The molecule has 3 aliphatic heterocycles. The fourth-order valence-corrected chi connectivity index (χ4v) is 5.43. The van der Waals surface area contributed by atoms with Crippen LogP contribution in [0.2, 0.25) is 0 Å². The van der Waals surface area contributed by atoms with E-state index in [0.29, 0.717) is 0 Å². The van der Waals surface area contributed by atoms with Gasteiger partial charge in [-0.3, -0.25) is 14.6 Å². The molecule has 0 aromatic rings. The van der Waals surface area contributed by atoms with Gasteiger partial charge < -0.3 is 28.7 Å². The Bertz CT molecular complexity index is 622. The molecule has 3 rings (SSSR count). The number of halogens is 1. The molecule has 9 nitrogen and oxygen atoms in total. The number of hydrogen-bond donors (Lipinski definition) is 0. The summed E-state index contributed by atoms with van der Waals surface area (Å²) in [5.74, 6) is -0.0686. The van der Waals surface area contributed by atoms with Gasteiger partial charge in [-0.25, -0.2) is 0 Å². The van der Waals surface area contributed by atoms with Crippen LogP contribution in [-0.4, -0.2) is 182 Å². The summed E-state index contributed by atoms with van der Waals surface area (Å²) < 4.78 is 11.0. The van der Waals surface area contributed by atoms with Crippen molar-refractivity contribution in [1.29, 1.82) is 0 Å². The van der Waals surface area contributed by atoms with Gasteiger partial charge in [-0.2, -0.15) is 0 Å². The van der Waals surface area contributed by atoms with E-state index in [2.05, 4.69) is 101 Å². The molecule has 3 fully saturated rings. The molecule has 274 valence electrons. The van der Waals surface area contributed by atoms with Gasteiger partial charge in [-0.1, -0.05) is 34.6 Å². The van der Waals surface area contributed by atoms with Gasteiger partial charge in [0, 0.05) is 39.3 Å². The maximum Gasteiger partial charge on any atom is 0.323 e. The zero-order valence-electron chi connectivity index (χ0n) is 32.2. The van der Waals surface area contributed by atoms with Crippen LogP contribution in [0.3, 0.4) is 0 Å². The van der Waals surface area contributed by atoms with Gasteiger partial charge in [0.05, 0.1) is 48.0 Å². The fraction of sp³-hybridized carbons (Fsp3) is 0.971. The number of esters is 1. The minimum Gasteiger partial charge on any atom is -0.468 e. The number of piperazine rings is 1. The highest BCUT2D eigenvalue weighted by Gasteiger charge is 2.30. The normalized spacial score (nSPS) is 19.4. The Balaban J connectivity index is -0.000000498. The molecule has 3 heterocycles. The molecule has 1 unspecified atom stereocenters. The van der Waals surface area contributed by atoms with Crippen molar-refractivity contribution in [2.75, 3.05) is 141 Å². The number of nitrogens with zero attached hydrogens (tertiary/aromatic N) is 6. The van der Waals surface area contributed by atoms with Crippen molar-refractivity contribution in [2.24, 2.45) is 0 Å². The van der Waals surface area contributed by atoms with Crippen LogP contribution in [0, 0.1) is 0 Å². The predicted molar refractivity (Wildman–Crippen MR) is 198 cm³/mol. The minimum absolute atomic E-state index is 0. The van der Waals surface area contributed by atoms with E-state index in [9.17, 15) is 4.79 Å². The lowest BCUT2D eigenvalue weighted by Gasteiger charge is -2.31. The molecule has 0 aromatic heterocycles. The zero-order valence-corrected chi connectivity index (χ0v) is 33.1. The first kappa shape index (κ1) is 48.9. The molecule has 45 heavy (non-hydrogen) atoms. The lowest BCUT2D eigenvalue weighted by atomic mass is 10.2. The Morgan fingerprint density at radius 3 is 1.64 bits per heavy atom. The number of carbonyl (C=O) groups is 1. The highest BCUT2D eigenvalue weighted by atomic mass is 35.5. The number of quaternary nitrogens is 1. The molecule has 1 atom stereocenters. The second-order valence-corrected chi connectivity index (χ2v) is 13.6. The Kier molecular flexibility index (Phi) is 34.8. The Hall–Kier alpha value is -0.520. The van der Waals surface area contributed by atoms with Crippen LogP contribution in [-0.2, 0) is 14.3 Å². The summed E-state index contributed by atoms with van der Waals surface area (Å²) in [6.45, 7) is 27.2. The summed E-state index contributed by atoms with van der Waals surface area (Å²) in [5, 5.41) is 0. The van der Waals surface area contributed by atoms with Gasteiger partial charge >= 0.3 is 5.97 Å². The second kappa shape index (κ2) is 32.0. The van der Waals surface area contributed by atoms with E-state index in [1.807, 2.05) is 0 Å². The monoisotopic (exact) mass is 668 g/mol. The van der Waals surface area contributed by atoms with Crippen LogP contribution < -0.4 is 0 Å². The largest absolute Gasteiger partial charge is 0.468 e. The van der Waals surface area contributed by atoms with E-state index >= 15 is 0 Å². The number of likely N-dealkylation sites (tertiary alicyclic amines) is 1. The summed E-state index contributed by atoms with van der Waals surface area (Å²) in [6, 6.07) is 0.0370. The lowest BCUT2D eigenvalue weighted by Crippen LogP contribution is -2.44. The maximum absolute atomic E-state index is 11.2. The van der Waals surface area contributed by atoms with E-state index in [1.165, 1.54) is 85.2 Å². The van der Waals surface area contributed by atoms with Gasteiger partial charge in [0.1, 0.15) is 6.04 Å². The predicted octanol–water partition coefficient (Wildman–Crippen LogP) is 4.89. The first-order valence-corrected chi connectivity index (χ1v) is 17.9. The quantitative estimate of drug-likeness (QED) is 0.228. The molecule has 0 bridgehead atoms. The number of carbonyl (C=O) groups excluding carboxylic acids is 1. The molecular formula is C35H80ClN6O3+. The van der Waals surface area contributed by atoms with Crippen LogP contribution in [0.5, 0.6) is 0 Å². The van der Waals surface area contributed by atoms with Crippen molar-refractivity contribution in [3.63, 3.8) is 0 Å². The average molecular weight is 669 g/mol. The topological polar surface area (TPSA) is 51.7 Å². The third-order valence-corrected chi connectivity index (χ3v) is 7.69. The number of rotatable bonds is 11. The van der Waals surface area contributed by atoms with Gasteiger partial charge in [-0.05, 0) is 98.8 Å². The lowest BCUT2D eigenvalue weighted by molar-refractivity contribution is -0.870. The summed E-state index contributed by atoms with van der Waals surface area (Å²) >= 11 is 0. The number of methoxy groups -OCH3 is 1. The van der Waals surface area contributed by atoms with Gasteiger partial charge in [0.15, 0.2) is 0 Å². The zero-order chi connectivity index (χ0) is 33.8. The average Bonchev–Trinajstić information content (AvgIpc) is 3.44. The van der Waals surface area contributed by atoms with Crippen LogP contribution in [0.15, 0.2) is 0 Å². The van der Waals surface area contributed by atoms with Gasteiger partial charge in [0.25, 0.3) is 0 Å². The molecule has 0 radical (unpaired) electrons. The summed E-state index contributed by atoms with van der Waals surface area (Å²) in [7, 11) is 14.5. The number of ether oxygens (including phenoxy) is 2. The summed E-state index contributed by atoms with van der Waals surface area (Å²) in [4.78, 5) is 23.0. The molecule has 0 aromatic carbocycles. The molecule has 0 amide bonds. The first-order chi connectivity index (χ1) is 20.9. The minimum atomic E-state index is -0.0686. The number of hydrogen-bond acceptors (Lipinski definition) is 8. The highest BCUT2D eigenvalue weighted by molar-refractivity contribution is 5.85. The Morgan fingerprint density at radius 2 is 1.29 bits per heavy atom. The standard InChI is InChI=1S/C9H17NO2.C8H18N2.C7H15NO.C6H16N.C5H13N.ClH/c1-3-6-10-7-4-5-8(10)9(11)12-2;1-3-4-10-7-5-9(2)6-8-10;1-2-3-8-4-6-9-7-5-8;1-5-6-7(2,3)4;1-4-5-6(2)3;/h8H,3-7H2,1-2H3;3-8H2,1-2H3;2-7H2,1H3;5-6H2,1-4H3;4-5H2,1-3H3;1H/q;;;+1;;. The first-order valence-electron chi connectivity index (χ1n) is 17.9. The van der Waals surface area contributed by atoms with E-state index in [0.717, 1.165) is 63.1 Å². The third-order valence-electron chi connectivity index (χ3n) is 7.69. The molecule has 3 aliphatic rings. The SMILES string of the molecule is CCCN(C)C.CCCN1CCCC1C(=O)OC.CCCN1CCN(C)CC1.CCCN1CCOCC1.CCC[N+](C)(C)C.Cl. The maximum atomic E-state index is 11.2. The van der Waals surface area contributed by atoms with Crippen molar-refractivity contribution >= 4 is 18.4 Å². The smallest absolute Gasteiger partial charge is 0.323 e. The Morgan fingerprint density at radius 1 is 0.778 bits per heavy atom. The van der Waals surface area contributed by atoms with E-state index in [-0.39, 0.29) is 24.4 Å². The second-order valence-electron chi connectivity index (χ2n) is 13.6. The highest BCUT2D eigenvalue weighted by Crippen LogP contribution is 2.18. The Labute approximate surface area is 287 Å². The van der Waals surface area contributed by atoms with Crippen molar-refractivity contribution in [3.8, 4) is 0 Å². The molecule has 0 N–H and O–H groups in total. The molecule has 10 heteroatoms. The van der Waals surface area contributed by atoms with Crippen LogP contribution in [0.4, 0.5) is 0 Å². The van der Waals surface area contributed by atoms with Crippen molar-refractivity contribution < 1.29 is 18.8 Å². The molecular weight excluding hydrogens is 588 g/mol. The fourth-order valence-electron chi connectivity index (χ4n) is 5.43. The molecule has 3 saturated heterocycles. The van der Waals surface area contributed by atoms with Crippen LogP contribution >= 0.6 is 12.4 Å². The summed E-state index contributed by atoms with van der Waals surface area (Å²) in [5.41, 5.74) is 0. The molecule has 0 aliphatic carbocycles. The van der Waals surface area contributed by atoms with E-state index in [1.54, 1.807) is 0 Å². The number of likely N-dealkylation sites (N-methyl/N-ethyl adjacent to an activating group) is 1. The van der Waals surface area contributed by atoms with Gasteiger partial charge in [0.2, 0.25) is 0 Å².